The molecule has 6 atom stereocenters. The fraction of sp³-hybridized carbons (Fsp3) is 0.480. The molecule has 0 radical (unpaired) electrons. The lowest BCUT2D eigenvalue weighted by Gasteiger charge is -2.51. The molecule has 9 nitrogen and oxygen atoms in total. The molecule has 0 aromatic heterocycles. The molecule has 0 spiro atoms. The van der Waals surface area contributed by atoms with E-state index in [1.54, 1.807) is 6.92 Å². The van der Waals surface area contributed by atoms with Gasteiger partial charge in [0.05, 0.1) is 35.0 Å². The van der Waals surface area contributed by atoms with Crippen molar-refractivity contribution in [3.63, 3.8) is 0 Å². The third-order valence-electron chi connectivity index (χ3n) is 7.52. The third kappa shape index (κ3) is 2.95. The third-order valence-corrected chi connectivity index (χ3v) is 7.52. The largest absolute Gasteiger partial charge is 0.507 e. The number of carbonyl (C=O) groups is 3. The van der Waals surface area contributed by atoms with Gasteiger partial charge in [0.2, 0.25) is 0 Å². The second-order valence-corrected chi connectivity index (χ2v) is 10.1. The summed E-state index contributed by atoms with van der Waals surface area (Å²) in [6.07, 6.45) is 0.386. The molecule has 1 saturated heterocycles. The Morgan fingerprint density at radius 2 is 1.76 bits per heavy atom. The number of ether oxygens (including phenoxy) is 1. The first kappa shape index (κ1) is 23.1. The predicted octanol–water partition coefficient (Wildman–Crippen LogP) is 0.815. The molecule has 1 saturated carbocycles. The van der Waals surface area contributed by atoms with Gasteiger partial charge in [0.1, 0.15) is 11.4 Å². The molecule has 0 bridgehead atoms. The number of aliphatic hydroxyl groups is 4. The highest BCUT2D eigenvalue weighted by atomic mass is 16.5. The van der Waals surface area contributed by atoms with Crippen LogP contribution >= 0.6 is 0 Å². The van der Waals surface area contributed by atoms with Gasteiger partial charge in [-0.2, -0.15) is 0 Å². The lowest BCUT2D eigenvalue weighted by atomic mass is 9.57. The summed E-state index contributed by atoms with van der Waals surface area (Å²) >= 11 is 0. The summed E-state index contributed by atoms with van der Waals surface area (Å²) in [6.45, 7) is 3.04. The standard InChI is InChI=1S/C25H26O9/c1-11-15(26)5-6-16(34-11)12-3-4-13-18(20(12)28)21(29)14-7-8-24(32)10-23(2,31)9-17(27)25(24,33)19(14)22(13)30/h3-4,7-8,11,15-16,26,28,31-33H,5-6,9-10H2,1-2H3/t11-,15+,16-,23+,24+,25+/m1/s1. The highest BCUT2D eigenvalue weighted by molar-refractivity contribution is 6.31. The van der Waals surface area contributed by atoms with E-state index in [0.717, 1.165) is 12.2 Å². The van der Waals surface area contributed by atoms with Crippen molar-refractivity contribution in [1.82, 2.24) is 0 Å². The minimum absolute atomic E-state index is 0.204. The number of aromatic hydroxyl groups is 1. The Morgan fingerprint density at radius 3 is 2.44 bits per heavy atom. The topological polar surface area (TPSA) is 162 Å². The van der Waals surface area contributed by atoms with E-state index in [2.05, 4.69) is 0 Å². The number of rotatable bonds is 1. The van der Waals surface area contributed by atoms with Crippen LogP contribution in [0.5, 0.6) is 5.75 Å². The Hall–Kier alpha value is -2.69. The fourth-order valence-electron chi connectivity index (χ4n) is 5.76. The Balaban J connectivity index is 1.62. The molecule has 0 amide bonds. The van der Waals surface area contributed by atoms with E-state index in [9.17, 15) is 39.9 Å². The zero-order valence-corrected chi connectivity index (χ0v) is 18.7. The lowest BCUT2D eigenvalue weighted by molar-refractivity contribution is -0.183. The van der Waals surface area contributed by atoms with Crippen molar-refractivity contribution in [3.05, 3.63) is 52.1 Å². The number of aliphatic hydroxyl groups excluding tert-OH is 1. The van der Waals surface area contributed by atoms with Crippen LogP contribution < -0.4 is 0 Å². The summed E-state index contributed by atoms with van der Waals surface area (Å²) in [5.74, 6) is -3.04. The molecule has 5 rings (SSSR count). The number of hydrogen-bond donors (Lipinski definition) is 5. The molecular weight excluding hydrogens is 444 g/mol. The molecule has 1 aromatic carbocycles. The Morgan fingerprint density at radius 1 is 1.06 bits per heavy atom. The van der Waals surface area contributed by atoms with Gasteiger partial charge in [-0.1, -0.05) is 12.1 Å². The van der Waals surface area contributed by atoms with Gasteiger partial charge in [0, 0.05) is 29.5 Å². The molecular formula is C25H26O9. The zero-order valence-electron chi connectivity index (χ0n) is 18.7. The van der Waals surface area contributed by atoms with Crippen molar-refractivity contribution in [1.29, 1.82) is 0 Å². The Labute approximate surface area is 195 Å². The maximum atomic E-state index is 13.5. The first-order chi connectivity index (χ1) is 15.8. The molecule has 9 heteroatoms. The second-order valence-electron chi connectivity index (χ2n) is 10.1. The van der Waals surface area contributed by atoms with E-state index in [4.69, 9.17) is 4.74 Å². The highest BCUT2D eigenvalue weighted by Crippen LogP contribution is 2.51. The summed E-state index contributed by atoms with van der Waals surface area (Å²) in [4.78, 5) is 40.0. The molecule has 4 aliphatic rings. The summed E-state index contributed by atoms with van der Waals surface area (Å²) in [5, 5.41) is 53.9. The molecule has 5 N–H and O–H groups in total. The number of benzene rings is 1. The number of carbonyl (C=O) groups excluding carboxylic acids is 3. The van der Waals surface area contributed by atoms with Crippen LogP contribution in [0.4, 0.5) is 0 Å². The van der Waals surface area contributed by atoms with Gasteiger partial charge in [-0.15, -0.1) is 0 Å². The van der Waals surface area contributed by atoms with Crippen LogP contribution in [0.25, 0.3) is 0 Å². The van der Waals surface area contributed by atoms with E-state index in [1.165, 1.54) is 19.1 Å². The maximum Gasteiger partial charge on any atom is 0.198 e. The average Bonchev–Trinajstić information content (AvgIpc) is 2.74. The minimum atomic E-state index is -2.71. The van der Waals surface area contributed by atoms with E-state index in [-0.39, 0.29) is 16.7 Å². The minimum Gasteiger partial charge on any atom is -0.507 e. The predicted molar refractivity (Wildman–Crippen MR) is 116 cm³/mol. The first-order valence-electron chi connectivity index (χ1n) is 11.2. The SMILES string of the molecule is C[C@H]1O[C@@H](c2ccc3c(c2O)C(=O)C2=C(C3=O)[C@@]3(O)C(=O)C[C@](C)(O)C[C@@]3(O)C=C2)CC[C@@H]1O. The number of Topliss-reactive ketones (excluding diaryl/α,β-unsaturated/α-hetero) is 3. The Bertz CT molecular complexity index is 1210. The molecule has 1 aromatic rings. The first-order valence-corrected chi connectivity index (χ1v) is 11.2. The number of allylic oxidation sites excluding steroid dienone is 2. The molecule has 0 unspecified atom stereocenters. The van der Waals surface area contributed by atoms with Crippen LogP contribution in [-0.2, 0) is 9.53 Å². The van der Waals surface area contributed by atoms with Crippen molar-refractivity contribution in [3.8, 4) is 5.75 Å². The van der Waals surface area contributed by atoms with Gasteiger partial charge < -0.3 is 30.3 Å². The van der Waals surface area contributed by atoms with Crippen molar-refractivity contribution >= 4 is 17.3 Å². The second kappa shape index (κ2) is 7.16. The number of fused-ring (bicyclic) bond motifs is 3. The van der Waals surface area contributed by atoms with Gasteiger partial charge in [-0.3, -0.25) is 14.4 Å². The van der Waals surface area contributed by atoms with Crippen LogP contribution in [0, 0.1) is 0 Å². The van der Waals surface area contributed by atoms with Crippen molar-refractivity contribution in [2.75, 3.05) is 0 Å². The number of hydrogen-bond acceptors (Lipinski definition) is 9. The summed E-state index contributed by atoms with van der Waals surface area (Å²) in [6, 6.07) is 2.78. The van der Waals surface area contributed by atoms with Gasteiger partial charge in [0.25, 0.3) is 0 Å². The summed E-state index contributed by atoms with van der Waals surface area (Å²) in [7, 11) is 0. The normalized spacial score (nSPS) is 39.6. The van der Waals surface area contributed by atoms with Crippen LogP contribution in [0.2, 0.25) is 0 Å². The Kier molecular flexibility index (Phi) is 4.86. The molecule has 1 aliphatic heterocycles. The monoisotopic (exact) mass is 470 g/mol. The van der Waals surface area contributed by atoms with Crippen molar-refractivity contribution in [2.24, 2.45) is 0 Å². The smallest absolute Gasteiger partial charge is 0.198 e. The quantitative estimate of drug-likeness (QED) is 0.400. The number of ketones is 3. The average molecular weight is 470 g/mol. The van der Waals surface area contributed by atoms with Crippen LogP contribution in [0.15, 0.2) is 35.4 Å². The van der Waals surface area contributed by atoms with Crippen LogP contribution in [0.1, 0.15) is 71.9 Å². The summed E-state index contributed by atoms with van der Waals surface area (Å²) < 4.78 is 5.79. The number of phenols is 1. The van der Waals surface area contributed by atoms with E-state index < -0.39 is 76.6 Å². The molecule has 34 heavy (non-hydrogen) atoms. The van der Waals surface area contributed by atoms with Gasteiger partial charge in [-0.25, -0.2) is 0 Å². The lowest BCUT2D eigenvalue weighted by Crippen LogP contribution is -2.69. The van der Waals surface area contributed by atoms with Crippen LogP contribution in [-0.4, -0.2) is 71.9 Å². The zero-order chi connectivity index (χ0) is 24.8. The van der Waals surface area contributed by atoms with Crippen molar-refractivity contribution < 1.29 is 44.7 Å². The van der Waals surface area contributed by atoms with Gasteiger partial charge >= 0.3 is 0 Å². The maximum absolute atomic E-state index is 13.5. The molecule has 3 aliphatic carbocycles. The summed E-state index contributed by atoms with van der Waals surface area (Å²) in [5.41, 5.74) is -7.62. The molecule has 2 fully saturated rings. The van der Waals surface area contributed by atoms with E-state index in [1.807, 2.05) is 0 Å². The molecule has 1 heterocycles. The van der Waals surface area contributed by atoms with Crippen LogP contribution in [0.3, 0.4) is 0 Å². The van der Waals surface area contributed by atoms with Crippen molar-refractivity contribution in [2.45, 2.75) is 74.6 Å². The van der Waals surface area contributed by atoms with E-state index >= 15 is 0 Å². The molecule has 180 valence electrons. The van der Waals surface area contributed by atoms with Gasteiger partial charge in [0.15, 0.2) is 23.0 Å². The van der Waals surface area contributed by atoms with E-state index in [0.29, 0.717) is 18.4 Å². The van der Waals surface area contributed by atoms with Gasteiger partial charge in [-0.05, 0) is 38.8 Å². The number of phenolic OH excluding ortho intramolecular Hbond substituents is 1. The fourth-order valence-corrected chi connectivity index (χ4v) is 5.76. The highest BCUT2D eigenvalue weighted by Gasteiger charge is 2.66.